The third-order valence-electron chi connectivity index (χ3n) is 6.80. The van der Waals surface area contributed by atoms with Crippen molar-refractivity contribution < 1.29 is 4.39 Å². The lowest BCUT2D eigenvalue weighted by molar-refractivity contribution is 0.340. The van der Waals surface area contributed by atoms with Crippen LogP contribution in [0.2, 0.25) is 0 Å². The highest BCUT2D eigenvalue weighted by Crippen LogP contribution is 2.34. The molecule has 2 unspecified atom stereocenters. The van der Waals surface area contributed by atoms with Gasteiger partial charge in [0.2, 0.25) is 0 Å². The van der Waals surface area contributed by atoms with E-state index in [0.717, 1.165) is 59.3 Å². The second-order valence-corrected chi connectivity index (χ2v) is 8.89. The minimum absolute atomic E-state index is 0.275. The van der Waals surface area contributed by atoms with Gasteiger partial charge >= 0.3 is 0 Å². The number of hydrogen-bond acceptors (Lipinski definition) is 6. The lowest BCUT2D eigenvalue weighted by Crippen LogP contribution is -2.40. The first-order chi connectivity index (χ1) is 16.2. The monoisotopic (exact) mass is 443 g/mol. The zero-order valence-electron chi connectivity index (χ0n) is 18.3. The van der Waals surface area contributed by atoms with E-state index in [1.807, 2.05) is 22.7 Å². The second-order valence-electron chi connectivity index (χ2n) is 8.89. The van der Waals surface area contributed by atoms with Gasteiger partial charge in [-0.3, -0.25) is 4.98 Å². The summed E-state index contributed by atoms with van der Waals surface area (Å²) in [5.41, 5.74) is 10.8. The maximum Gasteiger partial charge on any atom is 0.155 e. The fourth-order valence-corrected chi connectivity index (χ4v) is 5.13. The Labute approximate surface area is 191 Å². The number of rotatable bonds is 4. The smallest absolute Gasteiger partial charge is 0.155 e. The summed E-state index contributed by atoms with van der Waals surface area (Å²) in [5, 5.41) is 8.70. The molecule has 3 N–H and O–H groups in total. The maximum absolute atomic E-state index is 13.6. The van der Waals surface area contributed by atoms with E-state index in [-0.39, 0.29) is 5.82 Å². The Morgan fingerprint density at radius 3 is 2.76 bits per heavy atom. The summed E-state index contributed by atoms with van der Waals surface area (Å²) in [6.07, 6.45) is 4.26. The van der Waals surface area contributed by atoms with Crippen LogP contribution in [0.3, 0.4) is 0 Å². The summed E-state index contributed by atoms with van der Waals surface area (Å²) in [6.45, 7) is 3.42. The second kappa shape index (κ2) is 8.20. The predicted molar refractivity (Wildman–Crippen MR) is 126 cm³/mol. The molecule has 0 saturated carbocycles. The van der Waals surface area contributed by atoms with Crippen LogP contribution in [0.5, 0.6) is 0 Å². The van der Waals surface area contributed by atoms with Crippen LogP contribution >= 0.6 is 0 Å². The molecule has 2 aliphatic rings. The van der Waals surface area contributed by atoms with Crippen molar-refractivity contribution in [2.75, 3.05) is 24.5 Å². The normalized spacial score (nSPS) is 20.4. The number of fused-ring (bicyclic) bond motifs is 2. The molecule has 2 atom stereocenters. The van der Waals surface area contributed by atoms with Gasteiger partial charge in [-0.2, -0.15) is 0 Å². The average Bonchev–Trinajstić information content (AvgIpc) is 3.46. The summed E-state index contributed by atoms with van der Waals surface area (Å²) in [4.78, 5) is 11.6. The quantitative estimate of drug-likeness (QED) is 0.504. The minimum Gasteiger partial charge on any atom is -0.353 e. The number of halogens is 1. The fraction of sp³-hybridized carbons (Fsp3) is 0.320. The molecule has 8 heteroatoms. The molecule has 2 aliphatic heterocycles. The third kappa shape index (κ3) is 3.65. The molecule has 0 spiro atoms. The van der Waals surface area contributed by atoms with Gasteiger partial charge in [0, 0.05) is 43.0 Å². The largest absolute Gasteiger partial charge is 0.353 e. The van der Waals surface area contributed by atoms with E-state index in [0.29, 0.717) is 18.5 Å². The van der Waals surface area contributed by atoms with Crippen LogP contribution in [0.15, 0.2) is 54.7 Å². The molecule has 0 amide bonds. The molecule has 0 bridgehead atoms. The Hall–Kier alpha value is -3.36. The molecule has 168 valence electrons. The molecule has 2 fully saturated rings. The van der Waals surface area contributed by atoms with Gasteiger partial charge in [0.1, 0.15) is 17.3 Å². The highest BCUT2D eigenvalue weighted by atomic mass is 19.1. The molecule has 7 nitrogen and oxygen atoms in total. The first kappa shape index (κ1) is 20.3. The van der Waals surface area contributed by atoms with Crippen LogP contribution in [0.4, 0.5) is 10.2 Å². The van der Waals surface area contributed by atoms with Crippen molar-refractivity contribution in [2.45, 2.75) is 25.4 Å². The molecule has 3 aromatic heterocycles. The number of benzene rings is 1. The number of hydrogen-bond donors (Lipinski definition) is 2. The van der Waals surface area contributed by atoms with Gasteiger partial charge in [-0.05, 0) is 73.8 Å². The first-order valence-electron chi connectivity index (χ1n) is 11.5. The summed E-state index contributed by atoms with van der Waals surface area (Å²) in [7, 11) is 0. The van der Waals surface area contributed by atoms with Crippen molar-refractivity contribution in [3.05, 3.63) is 66.2 Å². The summed E-state index contributed by atoms with van der Waals surface area (Å²) < 4.78 is 15.5. The van der Waals surface area contributed by atoms with E-state index in [1.165, 1.54) is 25.0 Å². The van der Waals surface area contributed by atoms with Crippen LogP contribution in [-0.4, -0.2) is 45.3 Å². The van der Waals surface area contributed by atoms with Gasteiger partial charge in [-0.1, -0.05) is 0 Å². The van der Waals surface area contributed by atoms with Crippen molar-refractivity contribution in [2.24, 2.45) is 11.7 Å². The number of aromatic nitrogens is 4. The van der Waals surface area contributed by atoms with Crippen LogP contribution in [0.1, 0.15) is 18.5 Å². The number of nitrogens with one attached hydrogen (secondary N) is 1. The fourth-order valence-electron chi connectivity index (χ4n) is 5.13. The molecule has 6 rings (SSSR count). The lowest BCUT2D eigenvalue weighted by atomic mass is 9.94. The molecule has 0 radical (unpaired) electrons. The van der Waals surface area contributed by atoms with E-state index >= 15 is 0 Å². The highest BCUT2D eigenvalue weighted by molar-refractivity contribution is 5.81. The van der Waals surface area contributed by atoms with Gasteiger partial charge in [-0.15, -0.1) is 5.10 Å². The van der Waals surface area contributed by atoms with Crippen LogP contribution in [0.25, 0.3) is 28.2 Å². The summed E-state index contributed by atoms with van der Waals surface area (Å²) in [6, 6.07) is 14.9. The van der Waals surface area contributed by atoms with Crippen LogP contribution < -0.4 is 16.0 Å². The SMILES string of the molecule is NCc1cc(-c2c(-c3ccc(F)cc3)nc3ccc(N4CC5CCCNC5C4)nn23)ccn1. The molecule has 1 aromatic carbocycles. The van der Waals surface area contributed by atoms with Gasteiger partial charge in [-0.25, -0.2) is 13.9 Å². The summed E-state index contributed by atoms with van der Waals surface area (Å²) in [5.74, 6) is 1.33. The number of piperidine rings is 1. The Morgan fingerprint density at radius 1 is 1.06 bits per heavy atom. The van der Waals surface area contributed by atoms with Crippen LogP contribution in [-0.2, 0) is 6.54 Å². The number of nitrogens with zero attached hydrogens (tertiary/aromatic N) is 5. The zero-order chi connectivity index (χ0) is 22.4. The van der Waals surface area contributed by atoms with Crippen molar-refractivity contribution in [1.29, 1.82) is 0 Å². The van der Waals surface area contributed by atoms with Gasteiger partial charge in [0.05, 0.1) is 11.4 Å². The standard InChI is InChI=1S/C25H26FN7/c26-19-5-3-16(4-6-19)24-25(17-9-11-28-20(12-17)13-27)33-22(30-24)7-8-23(31-33)32-14-18-2-1-10-29-21(18)15-32/h3-9,11-12,18,21,29H,1-2,10,13-15,27H2. The topological polar surface area (TPSA) is 84.4 Å². The third-order valence-corrected chi connectivity index (χ3v) is 6.80. The molecular formula is C25H26FN7. The van der Waals surface area contributed by atoms with Crippen molar-refractivity contribution in [3.8, 4) is 22.5 Å². The lowest BCUT2D eigenvalue weighted by Gasteiger charge is -2.24. The van der Waals surface area contributed by atoms with Gasteiger partial charge in [0.25, 0.3) is 0 Å². The number of nitrogens with two attached hydrogens (primary N) is 1. The van der Waals surface area contributed by atoms with E-state index in [2.05, 4.69) is 21.3 Å². The molecular weight excluding hydrogens is 417 g/mol. The molecule has 33 heavy (non-hydrogen) atoms. The molecule has 2 saturated heterocycles. The van der Waals surface area contributed by atoms with E-state index in [1.54, 1.807) is 18.3 Å². The number of imidazole rings is 1. The Kier molecular flexibility index (Phi) is 5.04. The Morgan fingerprint density at radius 2 is 1.94 bits per heavy atom. The van der Waals surface area contributed by atoms with Crippen molar-refractivity contribution in [1.82, 2.24) is 24.9 Å². The maximum atomic E-state index is 13.6. The summed E-state index contributed by atoms with van der Waals surface area (Å²) >= 11 is 0. The van der Waals surface area contributed by atoms with E-state index < -0.39 is 0 Å². The number of anilines is 1. The number of pyridine rings is 1. The first-order valence-corrected chi connectivity index (χ1v) is 11.5. The van der Waals surface area contributed by atoms with E-state index in [4.69, 9.17) is 15.8 Å². The predicted octanol–water partition coefficient (Wildman–Crippen LogP) is 3.24. The van der Waals surface area contributed by atoms with E-state index in [9.17, 15) is 4.39 Å². The molecule has 5 heterocycles. The molecule has 0 aliphatic carbocycles. The van der Waals surface area contributed by atoms with Gasteiger partial charge < -0.3 is 16.0 Å². The zero-order valence-corrected chi connectivity index (χ0v) is 18.3. The van der Waals surface area contributed by atoms with Crippen molar-refractivity contribution in [3.63, 3.8) is 0 Å². The highest BCUT2D eigenvalue weighted by Gasteiger charge is 2.35. The minimum atomic E-state index is -0.275. The Balaban J connectivity index is 1.49. The Bertz CT molecular complexity index is 1290. The average molecular weight is 444 g/mol. The van der Waals surface area contributed by atoms with Crippen molar-refractivity contribution >= 4 is 11.5 Å². The van der Waals surface area contributed by atoms with Gasteiger partial charge in [0.15, 0.2) is 5.65 Å². The molecule has 4 aromatic rings. The van der Waals surface area contributed by atoms with Crippen LogP contribution in [0, 0.1) is 11.7 Å².